The Balaban J connectivity index is 0.00000300. The largest absolute Gasteiger partial charge is 0.497 e. The molecular weight excluding hydrogens is 484 g/mol. The van der Waals surface area contributed by atoms with Gasteiger partial charge in [-0.1, -0.05) is 18.2 Å². The van der Waals surface area contributed by atoms with Crippen LogP contribution >= 0.6 is 24.0 Å². The highest BCUT2D eigenvalue weighted by Crippen LogP contribution is 2.15. The van der Waals surface area contributed by atoms with Crippen molar-refractivity contribution in [3.63, 3.8) is 0 Å². The van der Waals surface area contributed by atoms with Crippen molar-refractivity contribution >= 4 is 29.9 Å². The molecule has 0 aliphatic rings. The van der Waals surface area contributed by atoms with Crippen LogP contribution in [0.2, 0.25) is 0 Å². The summed E-state index contributed by atoms with van der Waals surface area (Å²) in [5, 5.41) is 6.47. The van der Waals surface area contributed by atoms with E-state index in [2.05, 4.69) is 20.6 Å². The molecule has 3 aromatic rings. The standard InChI is InChI=1S/C21H24FN5O.HI/c1-23-21(25-10-9-16-3-6-18(28-2)7-4-16)26-14-17-5-8-20(19(22)13-17)27-12-11-24-15-27;/h3-8,11-13,15H,9-10,14H2,1-2H3,(H2,23,25,26);1H. The average Bonchev–Trinajstić information content (AvgIpc) is 3.25. The van der Waals surface area contributed by atoms with Crippen molar-refractivity contribution in [1.29, 1.82) is 0 Å². The fourth-order valence-electron chi connectivity index (χ4n) is 2.80. The number of hydrogen-bond acceptors (Lipinski definition) is 3. The Kier molecular flexibility index (Phi) is 8.91. The summed E-state index contributed by atoms with van der Waals surface area (Å²) >= 11 is 0. The molecule has 1 aromatic heterocycles. The number of benzene rings is 2. The molecule has 0 saturated heterocycles. The van der Waals surface area contributed by atoms with Crippen LogP contribution in [0.5, 0.6) is 5.75 Å². The summed E-state index contributed by atoms with van der Waals surface area (Å²) in [5.74, 6) is 1.23. The first kappa shape index (κ1) is 22.7. The highest BCUT2D eigenvalue weighted by Gasteiger charge is 2.06. The highest BCUT2D eigenvalue weighted by molar-refractivity contribution is 14.0. The fraction of sp³-hybridized carbons (Fsp3) is 0.238. The first-order chi connectivity index (χ1) is 13.7. The van der Waals surface area contributed by atoms with E-state index in [4.69, 9.17) is 4.74 Å². The van der Waals surface area contributed by atoms with Crippen LogP contribution in [0.25, 0.3) is 5.69 Å². The number of halogens is 2. The normalized spacial score (nSPS) is 10.9. The Bertz CT molecular complexity index is 913. The monoisotopic (exact) mass is 509 g/mol. The quantitative estimate of drug-likeness (QED) is 0.291. The van der Waals surface area contributed by atoms with Crippen LogP contribution in [0, 0.1) is 5.82 Å². The van der Waals surface area contributed by atoms with E-state index in [0.29, 0.717) is 18.2 Å². The van der Waals surface area contributed by atoms with Crippen molar-refractivity contribution in [2.75, 3.05) is 20.7 Å². The maximum Gasteiger partial charge on any atom is 0.191 e. The van der Waals surface area contributed by atoms with Crippen LogP contribution in [0.1, 0.15) is 11.1 Å². The Morgan fingerprint density at radius 2 is 1.90 bits per heavy atom. The van der Waals surface area contributed by atoms with Gasteiger partial charge in [-0.05, 0) is 41.8 Å². The van der Waals surface area contributed by atoms with E-state index in [1.165, 1.54) is 11.6 Å². The Morgan fingerprint density at radius 3 is 2.52 bits per heavy atom. The van der Waals surface area contributed by atoms with Gasteiger partial charge in [-0.2, -0.15) is 0 Å². The zero-order chi connectivity index (χ0) is 19.8. The highest BCUT2D eigenvalue weighted by atomic mass is 127. The molecule has 6 nitrogen and oxygen atoms in total. The molecule has 0 amide bonds. The van der Waals surface area contributed by atoms with Crippen molar-refractivity contribution < 1.29 is 9.13 Å². The minimum Gasteiger partial charge on any atom is -0.497 e. The van der Waals surface area contributed by atoms with E-state index in [0.717, 1.165) is 24.3 Å². The van der Waals surface area contributed by atoms with E-state index in [9.17, 15) is 4.39 Å². The number of rotatable bonds is 7. The molecule has 154 valence electrons. The van der Waals surface area contributed by atoms with E-state index in [1.807, 2.05) is 30.3 Å². The maximum absolute atomic E-state index is 14.3. The number of guanidine groups is 1. The first-order valence-corrected chi connectivity index (χ1v) is 9.04. The van der Waals surface area contributed by atoms with Crippen molar-refractivity contribution in [2.24, 2.45) is 4.99 Å². The van der Waals surface area contributed by atoms with Crippen molar-refractivity contribution in [1.82, 2.24) is 20.2 Å². The van der Waals surface area contributed by atoms with Gasteiger partial charge in [0.1, 0.15) is 11.6 Å². The molecule has 0 atom stereocenters. The van der Waals surface area contributed by atoms with Gasteiger partial charge in [0, 0.05) is 32.5 Å². The number of nitrogens with zero attached hydrogens (tertiary/aromatic N) is 3. The molecule has 1 heterocycles. The first-order valence-electron chi connectivity index (χ1n) is 9.04. The third-order valence-electron chi connectivity index (χ3n) is 4.34. The molecular formula is C21H25FIN5O. The minimum absolute atomic E-state index is 0. The zero-order valence-corrected chi connectivity index (χ0v) is 18.8. The van der Waals surface area contributed by atoms with Gasteiger partial charge in [0.2, 0.25) is 0 Å². The second kappa shape index (κ2) is 11.4. The number of ether oxygens (including phenoxy) is 1. The Labute approximate surface area is 187 Å². The van der Waals surface area contributed by atoms with E-state index < -0.39 is 0 Å². The smallest absolute Gasteiger partial charge is 0.191 e. The van der Waals surface area contributed by atoms with Gasteiger partial charge in [-0.25, -0.2) is 9.37 Å². The molecule has 2 aromatic carbocycles. The van der Waals surface area contributed by atoms with Crippen LogP contribution in [-0.4, -0.2) is 36.2 Å². The lowest BCUT2D eigenvalue weighted by Gasteiger charge is -2.13. The molecule has 0 bridgehead atoms. The number of imidazole rings is 1. The zero-order valence-electron chi connectivity index (χ0n) is 16.4. The van der Waals surface area contributed by atoms with Crippen molar-refractivity contribution in [2.45, 2.75) is 13.0 Å². The molecule has 0 aliphatic carbocycles. The topological polar surface area (TPSA) is 63.5 Å². The molecule has 0 unspecified atom stereocenters. The summed E-state index contributed by atoms with van der Waals surface area (Å²) in [4.78, 5) is 8.16. The van der Waals surface area contributed by atoms with Gasteiger partial charge in [0.25, 0.3) is 0 Å². The fourth-order valence-corrected chi connectivity index (χ4v) is 2.80. The van der Waals surface area contributed by atoms with Gasteiger partial charge in [-0.3, -0.25) is 4.99 Å². The molecule has 3 rings (SSSR count). The third kappa shape index (κ3) is 6.45. The van der Waals surface area contributed by atoms with Gasteiger partial charge in [-0.15, -0.1) is 24.0 Å². The lowest BCUT2D eigenvalue weighted by Crippen LogP contribution is -2.37. The predicted octanol–water partition coefficient (Wildman–Crippen LogP) is 3.55. The van der Waals surface area contributed by atoms with Gasteiger partial charge in [0.05, 0.1) is 19.1 Å². The molecule has 0 fully saturated rings. The van der Waals surface area contributed by atoms with Crippen LogP contribution < -0.4 is 15.4 Å². The second-order valence-corrected chi connectivity index (χ2v) is 6.21. The summed E-state index contributed by atoms with van der Waals surface area (Å²) in [6, 6.07) is 13.1. The van der Waals surface area contributed by atoms with Crippen molar-refractivity contribution in [3.05, 3.63) is 78.1 Å². The number of methoxy groups -OCH3 is 1. The lowest BCUT2D eigenvalue weighted by molar-refractivity contribution is 0.414. The second-order valence-electron chi connectivity index (χ2n) is 6.21. The van der Waals surface area contributed by atoms with E-state index >= 15 is 0 Å². The van der Waals surface area contributed by atoms with E-state index in [1.54, 1.807) is 43.5 Å². The molecule has 0 saturated carbocycles. The number of nitrogens with one attached hydrogen (secondary N) is 2. The van der Waals surface area contributed by atoms with Crippen LogP contribution in [0.3, 0.4) is 0 Å². The molecule has 29 heavy (non-hydrogen) atoms. The molecule has 0 spiro atoms. The maximum atomic E-state index is 14.3. The average molecular weight is 509 g/mol. The molecule has 0 radical (unpaired) electrons. The minimum atomic E-state index is -0.292. The van der Waals surface area contributed by atoms with Crippen LogP contribution in [0.4, 0.5) is 4.39 Å². The van der Waals surface area contributed by atoms with Gasteiger partial charge < -0.3 is 19.9 Å². The summed E-state index contributed by atoms with van der Waals surface area (Å²) < 4.78 is 21.1. The summed E-state index contributed by atoms with van der Waals surface area (Å²) in [7, 11) is 3.37. The summed E-state index contributed by atoms with van der Waals surface area (Å²) in [5.41, 5.74) is 2.52. The lowest BCUT2D eigenvalue weighted by atomic mass is 10.1. The van der Waals surface area contributed by atoms with Crippen molar-refractivity contribution in [3.8, 4) is 11.4 Å². The Morgan fingerprint density at radius 1 is 1.14 bits per heavy atom. The third-order valence-corrected chi connectivity index (χ3v) is 4.34. The summed E-state index contributed by atoms with van der Waals surface area (Å²) in [6.45, 7) is 1.21. The molecule has 8 heteroatoms. The molecule has 2 N–H and O–H groups in total. The van der Waals surface area contributed by atoms with Gasteiger partial charge >= 0.3 is 0 Å². The Hall–Kier alpha value is -2.62. The SMILES string of the molecule is CN=C(NCCc1ccc(OC)cc1)NCc1ccc(-n2ccnc2)c(F)c1.I. The van der Waals surface area contributed by atoms with Gasteiger partial charge in [0.15, 0.2) is 5.96 Å². The number of aromatic nitrogens is 2. The number of hydrogen-bond donors (Lipinski definition) is 2. The summed E-state index contributed by atoms with van der Waals surface area (Å²) in [6.07, 6.45) is 5.77. The predicted molar refractivity (Wildman–Crippen MR) is 124 cm³/mol. The van der Waals surface area contributed by atoms with Crippen LogP contribution in [0.15, 0.2) is 66.2 Å². The van der Waals surface area contributed by atoms with E-state index in [-0.39, 0.29) is 29.8 Å². The molecule has 0 aliphatic heterocycles. The number of aliphatic imine (C=N–C) groups is 1. The van der Waals surface area contributed by atoms with Crippen LogP contribution in [-0.2, 0) is 13.0 Å².